The third-order valence-electron chi connectivity index (χ3n) is 16.0. The molecule has 5 heteroatoms. The molecule has 49 heavy (non-hydrogen) atoms. The summed E-state index contributed by atoms with van der Waals surface area (Å²) in [6.45, 7) is 0. The molecule has 0 unspecified atom stereocenters. The SMILES string of the molecule is ClP(C=C(c1ccccc1)P(Cl)(C1CCCCC1)(C1CCCCC1)C1CCCCC1)(C1CCCCC1)(C1CCCCC1)C1CCCCC1.[Ru+2]. The van der Waals surface area contributed by atoms with Crippen molar-refractivity contribution in [3.05, 3.63) is 41.7 Å². The van der Waals surface area contributed by atoms with Gasteiger partial charge in [0, 0.05) is 0 Å². The average Bonchev–Trinajstić information content (AvgIpc) is 3.19. The Labute approximate surface area is 325 Å². The molecule has 7 rings (SSSR count). The van der Waals surface area contributed by atoms with E-state index in [1.165, 1.54) is 198 Å². The van der Waals surface area contributed by atoms with Crippen molar-refractivity contribution < 1.29 is 19.5 Å². The topological polar surface area (TPSA) is 0 Å². The summed E-state index contributed by atoms with van der Waals surface area (Å²) >= 11 is 19.1. The van der Waals surface area contributed by atoms with Crippen LogP contribution in [-0.4, -0.2) is 34.0 Å². The predicted molar refractivity (Wildman–Crippen MR) is 221 cm³/mol. The summed E-state index contributed by atoms with van der Waals surface area (Å²) in [7, 11) is 0. The van der Waals surface area contributed by atoms with E-state index in [0.717, 1.165) is 0 Å². The molecule has 6 fully saturated rings. The van der Waals surface area contributed by atoms with Crippen LogP contribution in [0.1, 0.15) is 198 Å². The first-order chi connectivity index (χ1) is 23.5. The Bertz CT molecular complexity index is 1100. The van der Waals surface area contributed by atoms with Crippen LogP contribution in [0.3, 0.4) is 0 Å². The second-order valence-corrected chi connectivity index (χ2v) is 32.8. The van der Waals surface area contributed by atoms with Gasteiger partial charge in [-0.1, -0.05) is 0 Å². The molecule has 0 aromatic heterocycles. The second kappa shape index (κ2) is 17.2. The Morgan fingerprint density at radius 1 is 0.408 bits per heavy atom. The zero-order valence-corrected chi connectivity index (χ0v) is 36.2. The Kier molecular flexibility index (Phi) is 14.0. The number of halogens is 2. The minimum absolute atomic E-state index is 0. The van der Waals surface area contributed by atoms with Crippen molar-refractivity contribution in [2.45, 2.75) is 227 Å². The van der Waals surface area contributed by atoms with Gasteiger partial charge >= 0.3 is 327 Å². The molecule has 0 spiro atoms. The molecule has 0 heterocycles. The van der Waals surface area contributed by atoms with E-state index in [-0.39, 0.29) is 19.5 Å². The largest absolute Gasteiger partial charge is 2.00 e. The van der Waals surface area contributed by atoms with Gasteiger partial charge in [-0.25, -0.2) is 0 Å². The van der Waals surface area contributed by atoms with Crippen LogP contribution in [0.5, 0.6) is 0 Å². The molecular weight excluding hydrogens is 762 g/mol. The summed E-state index contributed by atoms with van der Waals surface area (Å²) in [6.07, 6.45) is 42.0. The maximum absolute atomic E-state index is 9.64. The van der Waals surface area contributed by atoms with Gasteiger partial charge in [-0.05, 0) is 0 Å². The first kappa shape index (κ1) is 39.7. The van der Waals surface area contributed by atoms with Gasteiger partial charge in [0.25, 0.3) is 0 Å². The average molecular weight is 835 g/mol. The van der Waals surface area contributed by atoms with Crippen LogP contribution < -0.4 is 0 Å². The van der Waals surface area contributed by atoms with Gasteiger partial charge in [0.1, 0.15) is 0 Å². The van der Waals surface area contributed by atoms with Gasteiger partial charge in [0.2, 0.25) is 0 Å². The molecule has 0 amide bonds. The number of hydrogen-bond donors (Lipinski definition) is 0. The fourth-order valence-corrected chi connectivity index (χ4v) is 35.5. The van der Waals surface area contributed by atoms with Crippen molar-refractivity contribution in [2.75, 3.05) is 0 Å². The monoisotopic (exact) mass is 834 g/mol. The van der Waals surface area contributed by atoms with E-state index < -0.39 is 11.9 Å². The van der Waals surface area contributed by atoms with E-state index in [0.29, 0.717) is 34.0 Å². The van der Waals surface area contributed by atoms with Gasteiger partial charge in [-0.3, -0.25) is 0 Å². The molecule has 6 aliphatic rings. The fraction of sp³-hybridized carbons (Fsp3) is 0.818. The Hall–Kier alpha value is 1.02. The van der Waals surface area contributed by atoms with Crippen molar-refractivity contribution in [3.63, 3.8) is 0 Å². The number of benzene rings is 1. The molecule has 0 nitrogen and oxygen atoms in total. The van der Waals surface area contributed by atoms with Crippen LogP contribution in [-0.2, 0) is 19.5 Å². The number of hydrogen-bond acceptors (Lipinski definition) is 0. The summed E-state index contributed by atoms with van der Waals surface area (Å²) in [5, 5.41) is 1.77. The molecule has 278 valence electrons. The van der Waals surface area contributed by atoms with Gasteiger partial charge < -0.3 is 0 Å². The molecule has 6 aliphatic carbocycles. The van der Waals surface area contributed by atoms with Crippen LogP contribution in [0.4, 0.5) is 0 Å². The zero-order valence-electron chi connectivity index (χ0n) is 31.1. The summed E-state index contributed by atoms with van der Waals surface area (Å²) < 4.78 is 0. The van der Waals surface area contributed by atoms with Gasteiger partial charge in [-0.2, -0.15) is 0 Å². The molecule has 0 bridgehead atoms. The van der Waals surface area contributed by atoms with Crippen LogP contribution in [0.2, 0.25) is 0 Å². The zero-order chi connectivity index (χ0) is 33.0. The van der Waals surface area contributed by atoms with Crippen molar-refractivity contribution in [1.29, 1.82) is 0 Å². The molecular formula is C44H72Cl2P2Ru+2. The molecule has 0 atom stereocenters. The smallest absolute Gasteiger partial charge is 2.00 e. The Morgan fingerprint density at radius 2 is 0.673 bits per heavy atom. The summed E-state index contributed by atoms with van der Waals surface area (Å²) in [5.41, 5.74) is 5.75. The third-order valence-corrected chi connectivity index (χ3v) is 36.4. The van der Waals surface area contributed by atoms with Crippen molar-refractivity contribution >= 4 is 39.7 Å². The van der Waals surface area contributed by atoms with Crippen LogP contribution in [0.15, 0.2) is 36.1 Å². The predicted octanol–water partition coefficient (Wildman–Crippen LogP) is 16.4. The molecule has 6 saturated carbocycles. The van der Waals surface area contributed by atoms with E-state index in [1.807, 2.05) is 0 Å². The van der Waals surface area contributed by atoms with Gasteiger partial charge in [0.15, 0.2) is 0 Å². The Balaban J connectivity index is 0.00000417. The van der Waals surface area contributed by atoms with Crippen LogP contribution in [0, 0.1) is 0 Å². The second-order valence-electron chi connectivity index (χ2n) is 18.1. The minimum Gasteiger partial charge on any atom is 2.00 e. The maximum Gasteiger partial charge on any atom is 2.00 e. The van der Waals surface area contributed by atoms with Crippen LogP contribution in [0.25, 0.3) is 5.31 Å². The van der Waals surface area contributed by atoms with E-state index in [2.05, 4.69) is 36.1 Å². The van der Waals surface area contributed by atoms with E-state index in [4.69, 9.17) is 0 Å². The first-order valence-corrected chi connectivity index (χ1v) is 28.5. The Morgan fingerprint density at radius 3 is 0.959 bits per heavy atom. The fourth-order valence-electron chi connectivity index (χ4n) is 13.7. The quantitative estimate of drug-likeness (QED) is 0.172. The van der Waals surface area contributed by atoms with E-state index >= 15 is 0 Å². The molecule has 0 N–H and O–H groups in total. The molecule has 0 saturated heterocycles. The summed E-state index contributed by atoms with van der Waals surface area (Å²) in [5.74, 6) is -2.87. The molecule has 1 aromatic rings. The van der Waals surface area contributed by atoms with E-state index in [9.17, 15) is 22.5 Å². The van der Waals surface area contributed by atoms with Crippen molar-refractivity contribution in [3.8, 4) is 0 Å². The molecule has 0 aliphatic heterocycles. The minimum atomic E-state index is -3.08. The van der Waals surface area contributed by atoms with Crippen molar-refractivity contribution in [1.82, 2.24) is 0 Å². The maximum atomic E-state index is 9.64. The standard InChI is InChI=1S/C44H72Cl2P2.Ru/c45-47(38-24-10-2-11-25-38,39-26-12-3-13-27-39,40-28-14-4-15-29-40)36-44(37-22-8-1-9-23-37)48(46,41-30-16-5-17-31-41,42-32-18-6-19-33-42)43-34-20-7-21-35-43;/h1,8-9,22-23,36,38-43H,2-7,10-21,24-35H2;/q;+2. The van der Waals surface area contributed by atoms with Crippen LogP contribution >= 0.6 is 34.4 Å². The third kappa shape index (κ3) is 7.16. The van der Waals surface area contributed by atoms with Crippen molar-refractivity contribution in [2.24, 2.45) is 0 Å². The molecule has 0 radical (unpaired) electrons. The normalized spacial score (nSPS) is 27.8. The van der Waals surface area contributed by atoms with E-state index in [1.54, 1.807) is 5.31 Å². The summed E-state index contributed by atoms with van der Waals surface area (Å²) in [6, 6.07) is 12.1. The van der Waals surface area contributed by atoms with Gasteiger partial charge in [-0.15, -0.1) is 0 Å². The van der Waals surface area contributed by atoms with Gasteiger partial charge in [0.05, 0.1) is 0 Å². The first-order valence-electron chi connectivity index (χ1n) is 21.7. The number of rotatable bonds is 9. The summed E-state index contributed by atoms with van der Waals surface area (Å²) in [4.78, 5) is 0. The molecule has 1 aromatic carbocycles.